The number of pyridine rings is 1. The van der Waals surface area contributed by atoms with Crippen molar-refractivity contribution in [2.45, 2.75) is 6.54 Å². The molecule has 0 aliphatic carbocycles. The van der Waals surface area contributed by atoms with Gasteiger partial charge in [0.05, 0.1) is 6.61 Å². The van der Waals surface area contributed by atoms with Gasteiger partial charge in [0.2, 0.25) is 0 Å². The lowest BCUT2D eigenvalue weighted by molar-refractivity contribution is 0.108. The maximum Gasteiger partial charge on any atom is 0.137 e. The highest BCUT2D eigenvalue weighted by Gasteiger charge is 2.16. The number of piperazine rings is 1. The van der Waals surface area contributed by atoms with E-state index in [-0.39, 0.29) is 6.61 Å². The number of aliphatic hydroxyl groups is 1. The molecule has 32 heavy (non-hydrogen) atoms. The number of hydrogen-bond donors (Lipinski definition) is 2. The highest BCUT2D eigenvalue weighted by molar-refractivity contribution is 6.30. The number of hydrogen-bond acceptors (Lipinski definition) is 4. The molecule has 164 valence electrons. The molecule has 2 aromatic carbocycles. The van der Waals surface area contributed by atoms with Crippen molar-refractivity contribution in [2.24, 2.45) is 0 Å². The maximum absolute atomic E-state index is 9.10. The van der Waals surface area contributed by atoms with E-state index in [0.29, 0.717) is 0 Å². The Morgan fingerprint density at radius 3 is 2.44 bits per heavy atom. The van der Waals surface area contributed by atoms with Crippen LogP contribution in [-0.4, -0.2) is 64.2 Å². The molecule has 1 aliphatic rings. The Labute approximate surface area is 193 Å². The fourth-order valence-electron chi connectivity index (χ4n) is 4.43. The van der Waals surface area contributed by atoms with Crippen LogP contribution in [0, 0.1) is 0 Å². The molecule has 0 radical (unpaired) electrons. The number of β-amino-alcohol motifs (C(OH)–C–C–N with tert-alkyl or cyclic N) is 1. The van der Waals surface area contributed by atoms with E-state index < -0.39 is 0 Å². The summed E-state index contributed by atoms with van der Waals surface area (Å²) in [5.41, 5.74) is 6.64. The molecule has 0 spiro atoms. The van der Waals surface area contributed by atoms with Crippen LogP contribution in [0.4, 0.5) is 0 Å². The number of nitrogens with zero attached hydrogens (tertiary/aromatic N) is 3. The molecule has 0 amide bonds. The largest absolute Gasteiger partial charge is 0.395 e. The van der Waals surface area contributed by atoms with Crippen molar-refractivity contribution in [1.29, 1.82) is 0 Å². The van der Waals surface area contributed by atoms with Crippen molar-refractivity contribution >= 4 is 22.6 Å². The van der Waals surface area contributed by atoms with E-state index in [1.54, 1.807) is 0 Å². The first-order valence-electron chi connectivity index (χ1n) is 11.1. The van der Waals surface area contributed by atoms with Crippen LogP contribution >= 0.6 is 11.6 Å². The predicted molar refractivity (Wildman–Crippen MR) is 131 cm³/mol. The third-order valence-corrected chi connectivity index (χ3v) is 6.48. The fourth-order valence-corrected chi connectivity index (χ4v) is 4.62. The van der Waals surface area contributed by atoms with Crippen LogP contribution in [0.2, 0.25) is 5.02 Å². The van der Waals surface area contributed by atoms with Crippen molar-refractivity contribution in [1.82, 2.24) is 19.8 Å². The number of nitrogens with one attached hydrogen (secondary N) is 1. The van der Waals surface area contributed by atoms with Crippen molar-refractivity contribution in [3.63, 3.8) is 0 Å². The first-order valence-corrected chi connectivity index (χ1v) is 11.5. The highest BCUT2D eigenvalue weighted by atomic mass is 35.5. The van der Waals surface area contributed by atoms with Crippen LogP contribution in [0.5, 0.6) is 0 Å². The van der Waals surface area contributed by atoms with Gasteiger partial charge in [-0.2, -0.15) is 0 Å². The van der Waals surface area contributed by atoms with Crippen molar-refractivity contribution in [3.05, 3.63) is 77.6 Å². The standard InChI is InChI=1S/C26H27ClN4O/c27-23-3-1-2-21(14-23)25-17-29-26-24(25)15-22(16-28-26)20-6-4-19(5-7-20)18-31-10-8-30(9-11-31)12-13-32/h1-7,14-17,32H,8-13,18H2,(H,28,29). The van der Waals surface area contributed by atoms with Crippen molar-refractivity contribution < 1.29 is 5.11 Å². The molecule has 2 N–H and O–H groups in total. The zero-order valence-corrected chi connectivity index (χ0v) is 18.7. The summed E-state index contributed by atoms with van der Waals surface area (Å²) < 4.78 is 0. The number of aromatic nitrogens is 2. The highest BCUT2D eigenvalue weighted by Crippen LogP contribution is 2.32. The summed E-state index contributed by atoms with van der Waals surface area (Å²) in [5, 5.41) is 10.9. The topological polar surface area (TPSA) is 55.4 Å². The van der Waals surface area contributed by atoms with Gasteiger partial charge in [-0.1, -0.05) is 48.0 Å². The first-order chi connectivity index (χ1) is 15.7. The van der Waals surface area contributed by atoms with Gasteiger partial charge in [-0.15, -0.1) is 0 Å². The van der Waals surface area contributed by atoms with E-state index in [2.05, 4.69) is 56.2 Å². The molecular weight excluding hydrogens is 420 g/mol. The van der Waals surface area contributed by atoms with E-state index in [4.69, 9.17) is 16.7 Å². The van der Waals surface area contributed by atoms with Gasteiger partial charge in [-0.25, -0.2) is 4.98 Å². The maximum atomic E-state index is 9.10. The fraction of sp³-hybridized carbons (Fsp3) is 0.269. The monoisotopic (exact) mass is 446 g/mol. The number of aromatic amines is 1. The lowest BCUT2D eigenvalue weighted by Crippen LogP contribution is -2.46. The zero-order valence-electron chi connectivity index (χ0n) is 18.0. The quantitative estimate of drug-likeness (QED) is 0.452. The predicted octanol–water partition coefficient (Wildman–Crippen LogP) is 4.66. The zero-order chi connectivity index (χ0) is 21.9. The molecule has 6 heteroatoms. The van der Waals surface area contributed by atoms with Gasteiger partial charge in [-0.05, 0) is 34.9 Å². The first kappa shape index (κ1) is 21.2. The summed E-state index contributed by atoms with van der Waals surface area (Å²) in [5.74, 6) is 0. The Kier molecular flexibility index (Phi) is 6.23. The molecule has 5 rings (SSSR count). The Balaban J connectivity index is 1.33. The smallest absolute Gasteiger partial charge is 0.137 e. The molecule has 2 aromatic heterocycles. The molecule has 3 heterocycles. The Morgan fingerprint density at radius 2 is 1.69 bits per heavy atom. The molecule has 0 saturated carbocycles. The Bertz CT molecular complexity index is 1200. The Morgan fingerprint density at radius 1 is 0.906 bits per heavy atom. The number of benzene rings is 2. The molecule has 5 nitrogen and oxygen atoms in total. The third-order valence-electron chi connectivity index (χ3n) is 6.24. The third kappa shape index (κ3) is 4.57. The van der Waals surface area contributed by atoms with Gasteiger partial charge < -0.3 is 10.1 Å². The summed E-state index contributed by atoms with van der Waals surface area (Å²) in [6.07, 6.45) is 3.92. The van der Waals surface area contributed by atoms with E-state index in [1.807, 2.05) is 30.6 Å². The number of aliphatic hydroxyl groups excluding tert-OH is 1. The molecule has 0 atom stereocenters. The molecule has 0 unspecified atom stereocenters. The molecule has 1 aliphatic heterocycles. The summed E-state index contributed by atoms with van der Waals surface area (Å²) in [6.45, 7) is 6.11. The van der Waals surface area contributed by atoms with Crippen LogP contribution in [0.25, 0.3) is 33.3 Å². The van der Waals surface area contributed by atoms with E-state index in [0.717, 1.165) is 77.6 Å². The van der Waals surface area contributed by atoms with Crippen LogP contribution in [0.1, 0.15) is 5.56 Å². The van der Waals surface area contributed by atoms with Crippen LogP contribution in [0.3, 0.4) is 0 Å². The summed E-state index contributed by atoms with van der Waals surface area (Å²) in [7, 11) is 0. The Hall–Kier alpha value is -2.70. The van der Waals surface area contributed by atoms with E-state index in [9.17, 15) is 0 Å². The average Bonchev–Trinajstić information content (AvgIpc) is 3.24. The van der Waals surface area contributed by atoms with E-state index in [1.165, 1.54) is 5.56 Å². The van der Waals surface area contributed by atoms with Gasteiger partial charge in [0.25, 0.3) is 0 Å². The minimum absolute atomic E-state index is 0.242. The molecule has 1 fully saturated rings. The van der Waals surface area contributed by atoms with Gasteiger partial charge in [0.1, 0.15) is 5.65 Å². The molecular formula is C26H27ClN4O. The second-order valence-electron chi connectivity index (χ2n) is 8.37. The van der Waals surface area contributed by atoms with Crippen LogP contribution in [-0.2, 0) is 6.54 Å². The summed E-state index contributed by atoms with van der Waals surface area (Å²) >= 11 is 6.20. The van der Waals surface area contributed by atoms with Gasteiger partial charge in [-0.3, -0.25) is 9.80 Å². The SMILES string of the molecule is OCCN1CCN(Cc2ccc(-c3cnc4[nH]cc(-c5cccc(Cl)c5)c4c3)cc2)CC1. The number of halogens is 1. The van der Waals surface area contributed by atoms with Gasteiger partial charge in [0, 0.05) is 73.2 Å². The number of rotatable bonds is 6. The molecule has 1 saturated heterocycles. The molecule has 4 aromatic rings. The second kappa shape index (κ2) is 9.43. The summed E-state index contributed by atoms with van der Waals surface area (Å²) in [6, 6.07) is 18.9. The van der Waals surface area contributed by atoms with Crippen LogP contribution in [0.15, 0.2) is 67.0 Å². The van der Waals surface area contributed by atoms with Gasteiger partial charge >= 0.3 is 0 Å². The minimum Gasteiger partial charge on any atom is -0.395 e. The normalized spacial score (nSPS) is 15.4. The lowest BCUT2D eigenvalue weighted by Gasteiger charge is -2.34. The summed E-state index contributed by atoms with van der Waals surface area (Å²) in [4.78, 5) is 12.7. The van der Waals surface area contributed by atoms with Crippen molar-refractivity contribution in [3.8, 4) is 22.3 Å². The minimum atomic E-state index is 0.242. The van der Waals surface area contributed by atoms with Crippen molar-refractivity contribution in [2.75, 3.05) is 39.3 Å². The molecule has 0 bridgehead atoms. The van der Waals surface area contributed by atoms with Crippen LogP contribution < -0.4 is 0 Å². The lowest BCUT2D eigenvalue weighted by atomic mass is 10.0. The number of fused-ring (bicyclic) bond motifs is 1. The average molecular weight is 447 g/mol. The second-order valence-corrected chi connectivity index (χ2v) is 8.81. The van der Waals surface area contributed by atoms with Gasteiger partial charge in [0.15, 0.2) is 0 Å². The number of H-pyrrole nitrogens is 1. The van der Waals surface area contributed by atoms with E-state index >= 15 is 0 Å².